The van der Waals surface area contributed by atoms with Crippen molar-refractivity contribution in [3.05, 3.63) is 12.3 Å². The molecule has 4 N–H and O–H groups in total. The van der Waals surface area contributed by atoms with Crippen molar-refractivity contribution >= 4 is 19.8 Å². The smallest absolute Gasteiger partial charge is 0.465 e. The predicted octanol–water partition coefficient (Wildman–Crippen LogP) is -0.468. The summed E-state index contributed by atoms with van der Waals surface area (Å²) in [6.07, 6.45) is 0.383. The Morgan fingerprint density at radius 2 is 2.24 bits per heavy atom. The highest BCUT2D eigenvalue weighted by Gasteiger charge is 2.90. The first-order valence-electron chi connectivity index (χ1n) is 9.38. The number of amides is 2. The van der Waals surface area contributed by atoms with Gasteiger partial charge in [0.2, 0.25) is 0 Å². The van der Waals surface area contributed by atoms with E-state index < -0.39 is 49.7 Å². The summed E-state index contributed by atoms with van der Waals surface area (Å²) < 4.78 is 40.2. The molecule has 4 aliphatic heterocycles. The van der Waals surface area contributed by atoms with Crippen LogP contribution in [0.25, 0.3) is 0 Å². The molecule has 4 heterocycles. The van der Waals surface area contributed by atoms with Crippen molar-refractivity contribution in [1.29, 1.82) is 0 Å². The third-order valence-corrected chi connectivity index (χ3v) is 7.60. The Balaban J connectivity index is 1.26. The first kappa shape index (κ1) is 19.4. The fraction of sp³-hybridized carbons (Fsp3) is 0.750. The number of aliphatic hydroxyl groups excluding tert-OH is 1. The van der Waals surface area contributed by atoms with E-state index in [9.17, 15) is 19.3 Å². The highest BCUT2D eigenvalue weighted by atomic mass is 31.2. The molecule has 0 bridgehead atoms. The molecule has 4 fully saturated rings. The topological polar surface area (TPSA) is 159 Å². The number of phosphoric acid groups is 1. The lowest BCUT2D eigenvalue weighted by Crippen LogP contribution is -2.65. The van der Waals surface area contributed by atoms with Gasteiger partial charge in [0.05, 0.1) is 24.7 Å². The van der Waals surface area contributed by atoms with Crippen molar-refractivity contribution < 1.29 is 42.3 Å². The zero-order valence-corrected chi connectivity index (χ0v) is 16.4. The normalized spacial score (nSPS) is 50.3. The van der Waals surface area contributed by atoms with Crippen LogP contribution in [0.15, 0.2) is 12.3 Å². The van der Waals surface area contributed by atoms with Gasteiger partial charge in [-0.1, -0.05) is 0 Å². The first-order valence-corrected chi connectivity index (χ1v) is 10.8. The second-order valence-electron chi connectivity index (χ2n) is 7.97. The Labute approximate surface area is 165 Å². The van der Waals surface area contributed by atoms with E-state index in [1.54, 1.807) is 6.92 Å². The molecule has 5 aliphatic rings. The third-order valence-electron chi connectivity index (χ3n) is 6.09. The van der Waals surface area contributed by atoms with E-state index in [1.807, 2.05) is 0 Å². The number of hydrogen-bond donors (Lipinski definition) is 3. The number of carbonyl (C=O) groups excluding carboxylic acids is 2. The number of rotatable bonds is 5. The minimum Gasteiger partial charge on any atom is -0.465 e. The van der Waals surface area contributed by atoms with Crippen LogP contribution < -0.4 is 11.1 Å². The molecule has 8 atom stereocenters. The fourth-order valence-electron chi connectivity index (χ4n) is 4.44. The fourth-order valence-corrected chi connectivity index (χ4v) is 6.24. The average Bonchev–Trinajstić information content (AvgIpc) is 2.92. The van der Waals surface area contributed by atoms with Crippen LogP contribution in [0.5, 0.6) is 0 Å². The second-order valence-corrected chi connectivity index (χ2v) is 9.51. The molecular formula is C16H22N3O9P. The summed E-state index contributed by atoms with van der Waals surface area (Å²) in [5, 5.41) is 11.8. The summed E-state index contributed by atoms with van der Waals surface area (Å²) in [4.78, 5) is 24.9. The first-order chi connectivity index (χ1) is 13.7. The highest BCUT2D eigenvalue weighted by Crippen LogP contribution is 2.76. The van der Waals surface area contributed by atoms with E-state index >= 15 is 0 Å². The van der Waals surface area contributed by atoms with E-state index in [2.05, 4.69) is 5.32 Å². The Kier molecular flexibility index (Phi) is 4.18. The number of nitrogens with one attached hydrogen (secondary N) is 1. The van der Waals surface area contributed by atoms with Crippen LogP contribution in [0.3, 0.4) is 0 Å². The zero-order chi connectivity index (χ0) is 20.6. The van der Waals surface area contributed by atoms with Gasteiger partial charge in [-0.05, 0) is 25.8 Å². The van der Waals surface area contributed by atoms with Crippen molar-refractivity contribution in [3.8, 4) is 0 Å². The summed E-state index contributed by atoms with van der Waals surface area (Å²) in [7, 11) is -3.89. The summed E-state index contributed by atoms with van der Waals surface area (Å²) in [5.41, 5.74) is 4.01. The van der Waals surface area contributed by atoms with Crippen LogP contribution in [-0.2, 0) is 32.4 Å². The van der Waals surface area contributed by atoms with Crippen LogP contribution in [0.1, 0.15) is 19.8 Å². The Morgan fingerprint density at radius 3 is 2.93 bits per heavy atom. The van der Waals surface area contributed by atoms with Gasteiger partial charge in [-0.2, -0.15) is 0 Å². The number of cyclic esters (lactones) is 1. The van der Waals surface area contributed by atoms with E-state index in [-0.39, 0.29) is 18.5 Å². The number of nitrogens with zero attached hydrogens (tertiary/aromatic N) is 1. The van der Waals surface area contributed by atoms with Gasteiger partial charge in [0.15, 0.2) is 11.8 Å². The lowest BCUT2D eigenvalue weighted by molar-refractivity contribution is -0.141. The zero-order valence-electron chi connectivity index (χ0n) is 15.6. The number of hydrogen-bond acceptors (Lipinski definition) is 10. The monoisotopic (exact) mass is 431 g/mol. The minimum absolute atomic E-state index is 0.00520. The second kappa shape index (κ2) is 6.24. The lowest BCUT2D eigenvalue weighted by Gasteiger charge is -2.39. The molecule has 1 spiro atoms. The Morgan fingerprint density at radius 1 is 1.45 bits per heavy atom. The van der Waals surface area contributed by atoms with Crippen molar-refractivity contribution in [2.45, 2.75) is 55.6 Å². The van der Waals surface area contributed by atoms with E-state index in [4.69, 9.17) is 28.8 Å². The van der Waals surface area contributed by atoms with Crippen molar-refractivity contribution in [2.75, 3.05) is 13.2 Å². The number of ether oxygens (including phenoxy) is 2. The van der Waals surface area contributed by atoms with E-state index in [0.717, 1.165) is 0 Å². The molecule has 160 valence electrons. The average molecular weight is 431 g/mol. The predicted molar refractivity (Wildman–Crippen MR) is 92.7 cm³/mol. The van der Waals surface area contributed by atoms with Gasteiger partial charge in [-0.15, -0.1) is 0 Å². The van der Waals surface area contributed by atoms with Crippen LogP contribution in [0.2, 0.25) is 0 Å². The molecule has 1 saturated carbocycles. The van der Waals surface area contributed by atoms with Crippen molar-refractivity contribution in [2.24, 2.45) is 11.7 Å². The number of fused-ring (bicyclic) bond motifs is 1. The van der Waals surface area contributed by atoms with Gasteiger partial charge in [0.25, 0.3) is 0 Å². The molecule has 0 aromatic carbocycles. The van der Waals surface area contributed by atoms with Gasteiger partial charge in [0.1, 0.15) is 18.4 Å². The number of nitrogens with two attached hydrogens (primary N) is 1. The quantitative estimate of drug-likeness (QED) is 0.384. The molecule has 12 nitrogen and oxygen atoms in total. The molecular weight excluding hydrogens is 409 g/mol. The number of esters is 1. The Hall–Kier alpha value is -1.53. The minimum atomic E-state index is -3.89. The molecule has 5 rings (SSSR count). The summed E-state index contributed by atoms with van der Waals surface area (Å²) >= 11 is 0. The van der Waals surface area contributed by atoms with E-state index in [0.29, 0.717) is 19.4 Å². The van der Waals surface area contributed by atoms with Crippen LogP contribution >= 0.6 is 7.82 Å². The third kappa shape index (κ3) is 2.71. The maximum Gasteiger partial charge on any atom is 0.476 e. The maximum atomic E-state index is 12.9. The number of carbonyl (C=O) groups is 2. The van der Waals surface area contributed by atoms with Crippen LogP contribution in [0.4, 0.5) is 4.79 Å². The maximum absolute atomic E-state index is 12.9. The number of phosphoric ester groups is 1. The molecule has 3 saturated heterocycles. The summed E-state index contributed by atoms with van der Waals surface area (Å²) in [6, 6.07) is -0.585. The molecule has 0 radical (unpaired) electrons. The van der Waals surface area contributed by atoms with Gasteiger partial charge in [-0.25, -0.2) is 9.36 Å². The van der Waals surface area contributed by atoms with Crippen LogP contribution in [-0.4, -0.2) is 71.0 Å². The molecule has 0 aromatic heterocycles. The molecule has 29 heavy (non-hydrogen) atoms. The molecule has 1 aliphatic carbocycles. The Bertz CT molecular complexity index is 834. The van der Waals surface area contributed by atoms with Gasteiger partial charge >= 0.3 is 19.8 Å². The lowest BCUT2D eigenvalue weighted by atomic mass is 9.91. The number of aliphatic hydroxyl groups is 1. The molecule has 2 amide bonds. The molecule has 3 unspecified atom stereocenters. The highest BCUT2D eigenvalue weighted by molar-refractivity contribution is 7.48. The summed E-state index contributed by atoms with van der Waals surface area (Å²) in [5.74, 6) is -0.579. The van der Waals surface area contributed by atoms with Gasteiger partial charge in [-0.3, -0.25) is 23.3 Å². The molecule has 0 aromatic rings. The van der Waals surface area contributed by atoms with Crippen molar-refractivity contribution in [3.63, 3.8) is 0 Å². The SMILES string of the molecule is C[C@]1(N)[C@H](N2C=CC(O)NC2=O)O[C@@H]2C3O[P@](=O)(OCCC4CCOC4=O)O[C@]321. The van der Waals surface area contributed by atoms with Gasteiger partial charge in [0, 0.05) is 6.20 Å². The summed E-state index contributed by atoms with van der Waals surface area (Å²) in [6.45, 7) is 2.00. The molecule has 13 heteroatoms. The van der Waals surface area contributed by atoms with Gasteiger partial charge < -0.3 is 25.6 Å². The number of urea groups is 1. The largest absolute Gasteiger partial charge is 0.476 e. The van der Waals surface area contributed by atoms with Crippen molar-refractivity contribution in [1.82, 2.24) is 10.2 Å². The van der Waals surface area contributed by atoms with Crippen LogP contribution in [0, 0.1) is 5.92 Å². The van der Waals surface area contributed by atoms with E-state index in [1.165, 1.54) is 17.2 Å². The standard InChI is InChI=1S/C16H22N3O9P/c1-15(17)13(19-5-2-9(20)18-14(19)22)26-10-11-16(10,15)28-29(23,27-11)25-7-4-8-3-6-24-12(8)21/h2,5,8-11,13,20H,3-4,6-7,17H2,1H3,(H,18,22)/t8?,9?,10-,11?,13-,15+,16+,29+/m1/s1.